The summed E-state index contributed by atoms with van der Waals surface area (Å²) in [7, 11) is -2.24. The first-order chi connectivity index (χ1) is 11.8. The van der Waals surface area contributed by atoms with E-state index < -0.39 is 26.7 Å². The number of hydrogen-bond donors (Lipinski definition) is 3. The van der Waals surface area contributed by atoms with Crippen LogP contribution in [0.2, 0.25) is 0 Å². The van der Waals surface area contributed by atoms with Gasteiger partial charge in [0.05, 0.1) is 4.92 Å². The lowest BCUT2D eigenvalue weighted by Gasteiger charge is -2.15. The molecular formula is C14H22N4O6S. The van der Waals surface area contributed by atoms with E-state index in [0.29, 0.717) is 19.3 Å². The van der Waals surface area contributed by atoms with Crippen molar-refractivity contribution in [3.63, 3.8) is 0 Å². The average Bonchev–Trinajstić information content (AvgIpc) is 2.57. The molecule has 0 aliphatic rings. The molecule has 25 heavy (non-hydrogen) atoms. The maximum atomic E-state index is 12.2. The zero-order valence-electron chi connectivity index (χ0n) is 13.8. The Morgan fingerprint density at radius 2 is 2.04 bits per heavy atom. The van der Waals surface area contributed by atoms with E-state index in [0.717, 1.165) is 6.07 Å². The third-order valence-electron chi connectivity index (χ3n) is 3.46. The number of rotatable bonds is 11. The normalized spacial score (nSPS) is 12.5. The van der Waals surface area contributed by atoms with Gasteiger partial charge >= 0.3 is 6.09 Å². The molecule has 0 aromatic heterocycles. The molecule has 0 unspecified atom stereocenters. The van der Waals surface area contributed by atoms with E-state index in [1.807, 2.05) is 0 Å². The molecule has 0 heterocycles. The molecule has 0 fully saturated rings. The summed E-state index contributed by atoms with van der Waals surface area (Å²) in [6, 6.07) is 5.09. The Hall–Kier alpha value is -2.24. The summed E-state index contributed by atoms with van der Waals surface area (Å²) in [6.45, 7) is 0.273. The fourth-order valence-electron chi connectivity index (χ4n) is 2.13. The second-order valence-electron chi connectivity index (χ2n) is 5.23. The molecule has 140 valence electrons. The van der Waals surface area contributed by atoms with Crippen LogP contribution < -0.4 is 15.8 Å². The molecule has 1 amide bonds. The summed E-state index contributed by atoms with van der Waals surface area (Å²) >= 11 is 0. The van der Waals surface area contributed by atoms with Crippen LogP contribution in [0, 0.1) is 10.1 Å². The second kappa shape index (κ2) is 9.91. The number of nitrogens with zero attached hydrogens (tertiary/aromatic N) is 1. The number of likely N-dealkylation sites (N-methyl/N-ethyl adjacent to an activating group) is 1. The third-order valence-corrected chi connectivity index (χ3v) is 4.97. The molecule has 10 nitrogen and oxygen atoms in total. The van der Waals surface area contributed by atoms with Crippen LogP contribution in [0.1, 0.15) is 19.3 Å². The van der Waals surface area contributed by atoms with Gasteiger partial charge in [0.1, 0.15) is 6.61 Å². The van der Waals surface area contributed by atoms with E-state index in [2.05, 4.69) is 10.0 Å². The first-order valence-electron chi connectivity index (χ1n) is 7.60. The van der Waals surface area contributed by atoms with Gasteiger partial charge in [-0.1, -0.05) is 18.6 Å². The van der Waals surface area contributed by atoms with Gasteiger partial charge in [-0.25, -0.2) is 17.9 Å². The van der Waals surface area contributed by atoms with Crippen molar-refractivity contribution in [2.24, 2.45) is 5.73 Å². The summed E-state index contributed by atoms with van der Waals surface area (Å²) in [4.78, 5) is 20.4. The zero-order valence-corrected chi connectivity index (χ0v) is 14.6. The number of primary amides is 1. The third kappa shape index (κ3) is 7.03. The van der Waals surface area contributed by atoms with Gasteiger partial charge in [-0.05, 0) is 26.0 Å². The monoisotopic (exact) mass is 374 g/mol. The van der Waals surface area contributed by atoms with E-state index in [9.17, 15) is 23.3 Å². The van der Waals surface area contributed by atoms with Gasteiger partial charge in [-0.3, -0.25) is 10.1 Å². The van der Waals surface area contributed by atoms with Crippen LogP contribution in [0.25, 0.3) is 0 Å². The Morgan fingerprint density at radius 3 is 2.64 bits per heavy atom. The predicted octanol–water partition coefficient (Wildman–Crippen LogP) is 0.727. The van der Waals surface area contributed by atoms with Crippen LogP contribution in [0.3, 0.4) is 0 Å². The van der Waals surface area contributed by atoms with Crippen molar-refractivity contribution < 1.29 is 22.9 Å². The Labute approximate surface area is 145 Å². The first-order valence-corrected chi connectivity index (χ1v) is 9.09. The van der Waals surface area contributed by atoms with Gasteiger partial charge in [-0.2, -0.15) is 0 Å². The fourth-order valence-corrected chi connectivity index (χ4v) is 3.37. The SMILES string of the molecule is CN[C@@H](CCCCNS(=O)(=O)c1ccccc1[N+](=O)[O-])COC(N)=O. The Kier molecular flexibility index (Phi) is 8.25. The van der Waals surface area contributed by atoms with E-state index in [1.165, 1.54) is 18.2 Å². The average molecular weight is 374 g/mol. The zero-order chi connectivity index (χ0) is 18.9. The van der Waals surface area contributed by atoms with Crippen LogP contribution >= 0.6 is 0 Å². The van der Waals surface area contributed by atoms with Crippen LogP contribution in [0.4, 0.5) is 10.5 Å². The van der Waals surface area contributed by atoms with E-state index >= 15 is 0 Å². The van der Waals surface area contributed by atoms with Crippen LogP contribution in [0.15, 0.2) is 29.2 Å². The van der Waals surface area contributed by atoms with Crippen molar-refractivity contribution in [3.8, 4) is 0 Å². The van der Waals surface area contributed by atoms with Gasteiger partial charge in [0.2, 0.25) is 10.0 Å². The fraction of sp³-hybridized carbons (Fsp3) is 0.500. The number of benzene rings is 1. The molecule has 1 atom stereocenters. The number of carbonyl (C=O) groups excluding carboxylic acids is 1. The standard InChI is InChI=1S/C14H22N4O6S/c1-16-11(10-24-14(15)19)6-4-5-9-17-25(22,23)13-8-3-2-7-12(13)18(20)21/h2-3,7-8,11,16-17H,4-6,9-10H2,1H3,(H2,15,19)/t11-/m0/s1. The number of nitrogens with one attached hydrogen (secondary N) is 2. The van der Waals surface area contributed by atoms with Crippen molar-refractivity contribution in [2.75, 3.05) is 20.2 Å². The second-order valence-corrected chi connectivity index (χ2v) is 6.97. The maximum Gasteiger partial charge on any atom is 0.404 e. The number of para-hydroxylation sites is 1. The largest absolute Gasteiger partial charge is 0.448 e. The van der Waals surface area contributed by atoms with Gasteiger partial charge in [0.15, 0.2) is 4.90 Å². The minimum Gasteiger partial charge on any atom is -0.448 e. The Morgan fingerprint density at radius 1 is 1.36 bits per heavy atom. The molecule has 1 rings (SSSR count). The summed E-state index contributed by atoms with van der Waals surface area (Å²) in [6.07, 6.45) is 0.982. The molecule has 11 heteroatoms. The van der Waals surface area contributed by atoms with Crippen molar-refractivity contribution in [3.05, 3.63) is 34.4 Å². The number of amides is 1. The molecule has 0 aliphatic heterocycles. The number of unbranched alkanes of at least 4 members (excludes halogenated alkanes) is 1. The minimum absolute atomic E-state index is 0.0840. The highest BCUT2D eigenvalue weighted by Gasteiger charge is 2.24. The number of nitro groups is 1. The minimum atomic E-state index is -3.96. The number of ether oxygens (including phenoxy) is 1. The highest BCUT2D eigenvalue weighted by Crippen LogP contribution is 2.22. The molecule has 0 saturated heterocycles. The number of nitrogens with two attached hydrogens (primary N) is 1. The summed E-state index contributed by atoms with van der Waals surface area (Å²) < 4.78 is 31.4. The number of nitro benzene ring substituents is 1. The summed E-state index contributed by atoms with van der Waals surface area (Å²) in [5.41, 5.74) is 4.43. The highest BCUT2D eigenvalue weighted by atomic mass is 32.2. The Bertz CT molecular complexity index is 694. The van der Waals surface area contributed by atoms with Gasteiger partial charge in [-0.15, -0.1) is 0 Å². The number of hydrogen-bond acceptors (Lipinski definition) is 7. The highest BCUT2D eigenvalue weighted by molar-refractivity contribution is 7.89. The molecule has 0 saturated carbocycles. The van der Waals surface area contributed by atoms with Crippen LogP contribution in [0.5, 0.6) is 0 Å². The van der Waals surface area contributed by atoms with Crippen molar-refractivity contribution in [1.29, 1.82) is 0 Å². The maximum absolute atomic E-state index is 12.2. The van der Waals surface area contributed by atoms with Crippen molar-refractivity contribution >= 4 is 21.8 Å². The van der Waals surface area contributed by atoms with E-state index in [-0.39, 0.29) is 24.1 Å². The molecule has 0 aliphatic carbocycles. The lowest BCUT2D eigenvalue weighted by molar-refractivity contribution is -0.387. The molecule has 4 N–H and O–H groups in total. The van der Waals surface area contributed by atoms with Gasteiger partial charge in [0, 0.05) is 18.7 Å². The Balaban J connectivity index is 2.48. The summed E-state index contributed by atoms with van der Waals surface area (Å²) in [5.74, 6) is 0. The number of sulfonamides is 1. The molecular weight excluding hydrogens is 352 g/mol. The smallest absolute Gasteiger partial charge is 0.404 e. The van der Waals surface area contributed by atoms with Crippen LogP contribution in [-0.2, 0) is 14.8 Å². The number of carbonyl (C=O) groups is 1. The molecule has 0 spiro atoms. The molecule has 1 aromatic carbocycles. The quantitative estimate of drug-likeness (QED) is 0.293. The molecule has 0 radical (unpaired) electrons. The van der Waals surface area contributed by atoms with E-state index in [4.69, 9.17) is 10.5 Å². The van der Waals surface area contributed by atoms with Gasteiger partial charge < -0.3 is 15.8 Å². The predicted molar refractivity (Wildman–Crippen MR) is 90.5 cm³/mol. The van der Waals surface area contributed by atoms with E-state index in [1.54, 1.807) is 7.05 Å². The van der Waals surface area contributed by atoms with Gasteiger partial charge in [0.25, 0.3) is 5.69 Å². The molecule has 0 bridgehead atoms. The first kappa shape index (κ1) is 20.8. The van der Waals surface area contributed by atoms with Crippen LogP contribution in [-0.4, -0.2) is 45.7 Å². The van der Waals surface area contributed by atoms with Crippen molar-refractivity contribution in [2.45, 2.75) is 30.2 Å². The lowest BCUT2D eigenvalue weighted by Crippen LogP contribution is -2.33. The topological polar surface area (TPSA) is 154 Å². The summed E-state index contributed by atoms with van der Waals surface area (Å²) in [5, 5.41) is 13.9. The lowest BCUT2D eigenvalue weighted by atomic mass is 10.1. The molecule has 1 aromatic rings. The van der Waals surface area contributed by atoms with Crippen molar-refractivity contribution in [1.82, 2.24) is 10.0 Å².